The Labute approximate surface area is 175 Å². The van der Waals surface area contributed by atoms with Crippen molar-refractivity contribution in [1.29, 1.82) is 5.26 Å². The first-order chi connectivity index (χ1) is 14.7. The Kier molecular flexibility index (Phi) is 4.23. The molecule has 5 aromatic carbocycles. The van der Waals surface area contributed by atoms with E-state index in [-0.39, 0.29) is 0 Å². The van der Waals surface area contributed by atoms with Gasteiger partial charge >= 0.3 is 0 Å². The van der Waals surface area contributed by atoms with Crippen molar-refractivity contribution in [2.75, 3.05) is 0 Å². The lowest BCUT2D eigenvalue weighted by atomic mass is 9.91. The molecule has 0 aliphatic heterocycles. The van der Waals surface area contributed by atoms with E-state index in [0.717, 1.165) is 16.7 Å². The Morgan fingerprint density at radius 1 is 0.767 bits per heavy atom. The Bertz CT molecular complexity index is 1450. The maximum atomic E-state index is 9.17. The van der Waals surface area contributed by atoms with Crippen molar-refractivity contribution < 1.29 is 0 Å². The maximum absolute atomic E-state index is 9.17. The van der Waals surface area contributed by atoms with Gasteiger partial charge in [0.25, 0.3) is 0 Å². The first-order valence-corrected chi connectivity index (χ1v) is 10.00. The third kappa shape index (κ3) is 2.89. The first kappa shape index (κ1) is 18.0. The van der Waals surface area contributed by atoms with Crippen molar-refractivity contribution in [2.24, 2.45) is 5.73 Å². The molecule has 0 unspecified atom stereocenters. The van der Waals surface area contributed by atoms with E-state index in [9.17, 15) is 0 Å². The molecule has 0 heterocycles. The van der Waals surface area contributed by atoms with E-state index in [1.54, 1.807) is 12.2 Å². The van der Waals surface area contributed by atoms with E-state index < -0.39 is 0 Å². The highest BCUT2D eigenvalue weighted by Gasteiger charge is 2.10. The van der Waals surface area contributed by atoms with E-state index in [2.05, 4.69) is 72.8 Å². The zero-order valence-electron chi connectivity index (χ0n) is 16.7. The van der Waals surface area contributed by atoms with Crippen LogP contribution < -0.4 is 5.73 Å². The lowest BCUT2D eigenvalue weighted by molar-refractivity contribution is 1.46. The van der Waals surface area contributed by atoms with E-state index in [0.29, 0.717) is 11.3 Å². The van der Waals surface area contributed by atoms with Crippen LogP contribution in [0.3, 0.4) is 0 Å². The molecule has 5 rings (SSSR count). The molecular weight excluding hydrogens is 364 g/mol. The third-order valence-electron chi connectivity index (χ3n) is 5.74. The van der Waals surface area contributed by atoms with Crippen molar-refractivity contribution >= 4 is 38.0 Å². The highest BCUT2D eigenvalue weighted by molar-refractivity contribution is 6.23. The Balaban J connectivity index is 1.68. The number of nitrogens with zero attached hydrogens (tertiary/aromatic N) is 1. The molecule has 2 N–H and O–H groups in total. The van der Waals surface area contributed by atoms with Crippen LogP contribution in [0.4, 0.5) is 0 Å². The van der Waals surface area contributed by atoms with Gasteiger partial charge in [-0.3, -0.25) is 0 Å². The topological polar surface area (TPSA) is 49.8 Å². The largest absolute Gasteiger partial charge is 0.398 e. The summed E-state index contributed by atoms with van der Waals surface area (Å²) in [4.78, 5) is 0. The van der Waals surface area contributed by atoms with Crippen LogP contribution in [-0.4, -0.2) is 0 Å². The van der Waals surface area contributed by atoms with Crippen molar-refractivity contribution in [3.63, 3.8) is 0 Å². The summed E-state index contributed by atoms with van der Waals surface area (Å²) in [5, 5.41) is 16.8. The second-order valence-corrected chi connectivity index (χ2v) is 7.54. The average Bonchev–Trinajstić information content (AvgIpc) is 2.80. The lowest BCUT2D eigenvalue weighted by Gasteiger charge is -2.13. The Morgan fingerprint density at radius 2 is 1.37 bits per heavy atom. The van der Waals surface area contributed by atoms with Crippen LogP contribution >= 0.6 is 0 Å². The van der Waals surface area contributed by atoms with Crippen LogP contribution in [0.25, 0.3) is 49.1 Å². The molecule has 0 atom stereocenters. The Morgan fingerprint density at radius 3 is 2.00 bits per heavy atom. The van der Waals surface area contributed by atoms with Gasteiger partial charge in [0.05, 0.1) is 6.07 Å². The van der Waals surface area contributed by atoms with Gasteiger partial charge in [-0.2, -0.15) is 5.26 Å². The molecule has 5 aromatic rings. The molecular formula is C28H20N2. The average molecular weight is 384 g/mol. The summed E-state index contributed by atoms with van der Waals surface area (Å²) in [6.07, 6.45) is 3.48. The highest BCUT2D eigenvalue weighted by atomic mass is 14.6. The number of nitriles is 1. The summed E-state index contributed by atoms with van der Waals surface area (Å²) in [5.41, 5.74) is 10.6. The molecule has 0 spiro atoms. The summed E-state index contributed by atoms with van der Waals surface area (Å²) < 4.78 is 0. The predicted octanol–water partition coefficient (Wildman–Crippen LogP) is 7.02. The SMILES string of the molecule is C/C=C(C#N)\C=C(/N)c1cccc(-c2cc3ccc4cccc5ccc(c2)c3c45)c1. The van der Waals surface area contributed by atoms with Gasteiger partial charge in [-0.05, 0) is 80.2 Å². The minimum Gasteiger partial charge on any atom is -0.398 e. The van der Waals surface area contributed by atoms with Gasteiger partial charge in [0.15, 0.2) is 0 Å². The zero-order chi connectivity index (χ0) is 20.7. The lowest BCUT2D eigenvalue weighted by Crippen LogP contribution is -1.97. The smallest absolute Gasteiger partial charge is 0.0988 e. The predicted molar refractivity (Wildman–Crippen MR) is 127 cm³/mol. The molecule has 30 heavy (non-hydrogen) atoms. The van der Waals surface area contributed by atoms with Gasteiger partial charge < -0.3 is 5.73 Å². The number of benzene rings is 5. The molecule has 0 aliphatic carbocycles. The van der Waals surface area contributed by atoms with Gasteiger partial charge in [0.1, 0.15) is 0 Å². The minimum atomic E-state index is 0.556. The zero-order valence-corrected chi connectivity index (χ0v) is 16.7. The van der Waals surface area contributed by atoms with Crippen LogP contribution in [0.15, 0.2) is 96.6 Å². The van der Waals surface area contributed by atoms with Crippen LogP contribution in [-0.2, 0) is 0 Å². The fourth-order valence-electron chi connectivity index (χ4n) is 4.23. The number of allylic oxidation sites excluding steroid dienone is 3. The van der Waals surface area contributed by atoms with Gasteiger partial charge in [-0.15, -0.1) is 0 Å². The summed E-state index contributed by atoms with van der Waals surface area (Å²) in [5.74, 6) is 0. The van der Waals surface area contributed by atoms with Crippen molar-refractivity contribution in [1.82, 2.24) is 0 Å². The van der Waals surface area contributed by atoms with Crippen molar-refractivity contribution in [2.45, 2.75) is 6.92 Å². The fourth-order valence-corrected chi connectivity index (χ4v) is 4.23. The van der Waals surface area contributed by atoms with Crippen LogP contribution in [0, 0.1) is 11.3 Å². The number of nitrogens with two attached hydrogens (primary N) is 1. The second-order valence-electron chi connectivity index (χ2n) is 7.54. The van der Waals surface area contributed by atoms with Crippen LogP contribution in [0.2, 0.25) is 0 Å². The molecule has 0 radical (unpaired) electrons. The van der Waals surface area contributed by atoms with E-state index in [1.807, 2.05) is 19.1 Å². The molecule has 0 fully saturated rings. The van der Waals surface area contributed by atoms with Gasteiger partial charge in [-0.25, -0.2) is 0 Å². The molecule has 142 valence electrons. The molecule has 2 heteroatoms. The van der Waals surface area contributed by atoms with E-state index in [4.69, 9.17) is 11.0 Å². The molecule has 0 bridgehead atoms. The quantitative estimate of drug-likeness (QED) is 0.206. The first-order valence-electron chi connectivity index (χ1n) is 10.00. The number of hydrogen-bond donors (Lipinski definition) is 1. The minimum absolute atomic E-state index is 0.556. The summed E-state index contributed by atoms with van der Waals surface area (Å²) >= 11 is 0. The van der Waals surface area contributed by atoms with E-state index in [1.165, 1.54) is 32.3 Å². The van der Waals surface area contributed by atoms with Crippen LogP contribution in [0.5, 0.6) is 0 Å². The molecule has 0 aliphatic rings. The third-order valence-corrected chi connectivity index (χ3v) is 5.74. The van der Waals surface area contributed by atoms with Gasteiger partial charge in [0, 0.05) is 11.3 Å². The number of rotatable bonds is 3. The molecule has 2 nitrogen and oxygen atoms in total. The monoisotopic (exact) mass is 384 g/mol. The maximum Gasteiger partial charge on any atom is 0.0988 e. The summed E-state index contributed by atoms with van der Waals surface area (Å²) in [7, 11) is 0. The molecule has 0 saturated carbocycles. The summed E-state index contributed by atoms with van der Waals surface area (Å²) in [6.45, 7) is 1.84. The van der Waals surface area contributed by atoms with Crippen molar-refractivity contribution in [3.05, 3.63) is 102 Å². The normalized spacial score (nSPS) is 12.7. The molecule has 0 amide bonds. The summed E-state index contributed by atoms with van der Waals surface area (Å²) in [6, 6.07) is 30.1. The van der Waals surface area contributed by atoms with Crippen LogP contribution in [0.1, 0.15) is 12.5 Å². The second kappa shape index (κ2) is 7.06. The molecule has 0 saturated heterocycles. The van der Waals surface area contributed by atoms with Gasteiger partial charge in [-0.1, -0.05) is 66.7 Å². The van der Waals surface area contributed by atoms with E-state index >= 15 is 0 Å². The molecule has 0 aromatic heterocycles. The standard InChI is InChI=1S/C28H20N2/c1-2-18(17-29)13-26(30)22-8-4-7-21(14-22)25-15-23-11-9-19-5-3-6-20-10-12-24(16-25)28(23)27(19)20/h2-16H,30H2,1H3/b18-2+,26-13-. The van der Waals surface area contributed by atoms with Crippen molar-refractivity contribution in [3.8, 4) is 17.2 Å². The highest BCUT2D eigenvalue weighted by Crippen LogP contribution is 2.37. The fraction of sp³-hybridized carbons (Fsp3) is 0.0357. The van der Waals surface area contributed by atoms with Gasteiger partial charge in [0.2, 0.25) is 0 Å². The number of hydrogen-bond acceptors (Lipinski definition) is 2. The Hall–Kier alpha value is -4.09.